The van der Waals surface area contributed by atoms with Crippen LogP contribution in [0.3, 0.4) is 0 Å². The van der Waals surface area contributed by atoms with Crippen LogP contribution in [0.1, 0.15) is 0 Å². The van der Waals surface area contributed by atoms with E-state index in [-0.39, 0.29) is 5.88 Å². The Bertz CT molecular complexity index is 202. The van der Waals surface area contributed by atoms with Crippen molar-refractivity contribution in [2.24, 2.45) is 0 Å². The molecule has 1 rings (SSSR count). The van der Waals surface area contributed by atoms with E-state index in [0.29, 0.717) is 4.85 Å². The van der Waals surface area contributed by atoms with E-state index in [1.165, 1.54) is 19.4 Å². The average Bonchev–Trinajstić information content (AvgIpc) is 1.88. The van der Waals surface area contributed by atoms with Crippen molar-refractivity contribution in [2.45, 2.75) is 0 Å². The molecule has 0 N–H and O–H groups in total. The van der Waals surface area contributed by atoms with E-state index in [4.69, 9.17) is 0 Å². The lowest BCUT2D eigenvalue weighted by Gasteiger charge is -1.93. The second kappa shape index (κ2) is 2.30. The van der Waals surface area contributed by atoms with Gasteiger partial charge < -0.3 is 9.94 Å². The maximum Gasteiger partial charge on any atom is 0.288 e. The van der Waals surface area contributed by atoms with Crippen LogP contribution in [0.15, 0.2) is 12.3 Å². The third-order valence-electron chi connectivity index (χ3n) is 0.792. The van der Waals surface area contributed by atoms with Gasteiger partial charge in [0.1, 0.15) is 0 Å². The summed E-state index contributed by atoms with van der Waals surface area (Å²) in [7, 11) is 1.43. The Morgan fingerprint density at radius 3 is 3.11 bits per heavy atom. The molecule has 0 saturated carbocycles. The van der Waals surface area contributed by atoms with Gasteiger partial charge in [0, 0.05) is 6.07 Å². The summed E-state index contributed by atoms with van der Waals surface area (Å²) in [4.78, 5) is 0.412. The molecule has 1 aromatic rings. The Morgan fingerprint density at radius 1 is 1.89 bits per heavy atom. The molecule has 4 nitrogen and oxygen atoms in total. The fourth-order valence-corrected chi connectivity index (χ4v) is 0.424. The second-order valence-electron chi connectivity index (χ2n) is 1.37. The topological polar surface area (TPSA) is 49.1 Å². The van der Waals surface area contributed by atoms with Crippen LogP contribution in [-0.2, 0) is 0 Å². The monoisotopic (exact) mass is 125 g/mol. The Morgan fingerprint density at radius 2 is 2.67 bits per heavy atom. The smallest absolute Gasteiger partial charge is 0.288 e. The molecule has 9 heavy (non-hydrogen) atoms. The fourth-order valence-electron chi connectivity index (χ4n) is 0.424. The largest absolute Gasteiger partial charge is 0.594 e. The van der Waals surface area contributed by atoms with E-state index >= 15 is 0 Å². The normalized spacial score (nSPS) is 9.00. The molecule has 0 atom stereocenters. The summed E-state index contributed by atoms with van der Waals surface area (Å²) < 4.78 is 4.61. The molecule has 0 aliphatic carbocycles. The van der Waals surface area contributed by atoms with Crippen molar-refractivity contribution in [2.75, 3.05) is 7.11 Å². The molecular weight excluding hydrogens is 120 g/mol. The highest BCUT2D eigenvalue weighted by Crippen LogP contribution is 1.95. The van der Waals surface area contributed by atoms with Crippen LogP contribution in [0.5, 0.6) is 5.88 Å². The van der Waals surface area contributed by atoms with Crippen LogP contribution in [0.25, 0.3) is 0 Å². The van der Waals surface area contributed by atoms with Crippen molar-refractivity contribution in [3.8, 4) is 5.88 Å². The third-order valence-corrected chi connectivity index (χ3v) is 0.792. The molecule has 0 aliphatic rings. The van der Waals surface area contributed by atoms with E-state index in [2.05, 4.69) is 15.9 Å². The molecule has 0 aromatic carbocycles. The molecule has 4 heteroatoms. The first-order chi connectivity index (χ1) is 4.33. The van der Waals surface area contributed by atoms with Crippen molar-refractivity contribution in [1.82, 2.24) is 5.10 Å². The molecule has 0 aliphatic heterocycles. The maximum absolute atomic E-state index is 10.4. The number of ether oxygens (including phenoxy) is 1. The van der Waals surface area contributed by atoms with Crippen molar-refractivity contribution < 1.29 is 9.58 Å². The van der Waals surface area contributed by atoms with Gasteiger partial charge in [0.25, 0.3) is 5.88 Å². The molecule has 0 saturated heterocycles. The summed E-state index contributed by atoms with van der Waals surface area (Å²) >= 11 is 0. The van der Waals surface area contributed by atoms with Crippen LogP contribution in [0.4, 0.5) is 0 Å². The zero-order valence-corrected chi connectivity index (χ0v) is 4.87. The van der Waals surface area contributed by atoms with Gasteiger partial charge in [0.2, 0.25) is 6.20 Å². The molecule has 1 aromatic heterocycles. The summed E-state index contributed by atoms with van der Waals surface area (Å²) in [5.74, 6) is 0.201. The van der Waals surface area contributed by atoms with Crippen LogP contribution < -0.4 is 9.58 Å². The lowest BCUT2D eigenvalue weighted by Crippen LogP contribution is -2.29. The van der Waals surface area contributed by atoms with Gasteiger partial charge in [-0.25, -0.2) is 0 Å². The average molecular weight is 125 g/mol. The number of hydrogen-bond acceptors (Lipinski definition) is 3. The number of nitrogens with zero attached hydrogens (tertiary/aromatic N) is 2. The standard InChI is InChI=1S/C5H5N2O2/c1-9-5-3-2-4-7(8)6-5/h2,4H,1H3. The second-order valence-corrected chi connectivity index (χ2v) is 1.37. The van der Waals surface area contributed by atoms with Gasteiger partial charge in [-0.15, -0.1) is 0 Å². The predicted octanol–water partition coefficient (Wildman–Crippen LogP) is -0.476. The van der Waals surface area contributed by atoms with Gasteiger partial charge in [0.15, 0.2) is 0 Å². The van der Waals surface area contributed by atoms with Crippen LogP contribution in [0.2, 0.25) is 0 Å². The molecule has 0 spiro atoms. The Balaban J connectivity index is 2.94. The summed E-state index contributed by atoms with van der Waals surface area (Å²) in [5, 5.41) is 13.7. The third kappa shape index (κ3) is 1.28. The zero-order valence-electron chi connectivity index (χ0n) is 4.87. The number of hydrogen-bond donors (Lipinski definition) is 0. The van der Waals surface area contributed by atoms with Crippen LogP contribution in [0, 0.1) is 11.3 Å². The van der Waals surface area contributed by atoms with Crippen LogP contribution in [-0.4, -0.2) is 12.2 Å². The minimum atomic E-state index is 0.201. The van der Waals surface area contributed by atoms with Crippen molar-refractivity contribution in [3.63, 3.8) is 0 Å². The van der Waals surface area contributed by atoms with E-state index < -0.39 is 0 Å². The fraction of sp³-hybridized carbons (Fsp3) is 0.200. The molecule has 1 radical (unpaired) electrons. The van der Waals surface area contributed by atoms with E-state index in [0.717, 1.165) is 0 Å². The summed E-state index contributed by atoms with van der Waals surface area (Å²) in [6.07, 6.45) is 1.24. The number of aromatic nitrogens is 2. The van der Waals surface area contributed by atoms with E-state index in [9.17, 15) is 5.21 Å². The molecule has 0 fully saturated rings. The van der Waals surface area contributed by atoms with Gasteiger partial charge in [0.05, 0.1) is 18.3 Å². The maximum atomic E-state index is 10.4. The van der Waals surface area contributed by atoms with Gasteiger partial charge >= 0.3 is 0 Å². The molecule has 0 unspecified atom stereocenters. The number of methoxy groups -OCH3 is 1. The molecule has 0 bridgehead atoms. The summed E-state index contributed by atoms with van der Waals surface area (Å²) in [5.41, 5.74) is 0. The first kappa shape index (κ1) is 5.81. The Kier molecular flexibility index (Phi) is 1.48. The quantitative estimate of drug-likeness (QED) is 0.376. The van der Waals surface area contributed by atoms with Crippen molar-refractivity contribution in [3.05, 3.63) is 23.5 Å². The predicted molar refractivity (Wildman–Crippen MR) is 28.6 cm³/mol. The lowest BCUT2D eigenvalue weighted by molar-refractivity contribution is -0.669. The van der Waals surface area contributed by atoms with Gasteiger partial charge in [-0.05, 0) is 0 Å². The first-order valence-corrected chi connectivity index (χ1v) is 2.35. The molecule has 0 amide bonds. The van der Waals surface area contributed by atoms with Crippen LogP contribution >= 0.6 is 0 Å². The highest BCUT2D eigenvalue weighted by atomic mass is 16.5. The van der Waals surface area contributed by atoms with E-state index in [1.54, 1.807) is 0 Å². The first-order valence-electron chi connectivity index (χ1n) is 2.35. The molecule has 1 heterocycles. The SMILES string of the molecule is COc1[c]cc[n+]([O-])n1. The van der Waals surface area contributed by atoms with Gasteiger partial charge in [-0.3, -0.25) is 0 Å². The van der Waals surface area contributed by atoms with E-state index in [1.807, 2.05) is 0 Å². The molecule has 47 valence electrons. The zero-order chi connectivity index (χ0) is 6.69. The summed E-state index contributed by atoms with van der Waals surface area (Å²) in [6, 6.07) is 4.05. The van der Waals surface area contributed by atoms with Gasteiger partial charge in [-0.1, -0.05) is 4.85 Å². The van der Waals surface area contributed by atoms with Gasteiger partial charge in [-0.2, -0.15) is 0 Å². The minimum Gasteiger partial charge on any atom is -0.594 e. The van der Waals surface area contributed by atoms with Crippen molar-refractivity contribution in [1.29, 1.82) is 0 Å². The Labute approximate surface area is 52.3 Å². The number of rotatable bonds is 1. The minimum absolute atomic E-state index is 0.201. The molecular formula is C5H5N2O2. The highest BCUT2D eigenvalue weighted by molar-refractivity contribution is 4.99. The lowest BCUT2D eigenvalue weighted by atomic mass is 10.6. The van der Waals surface area contributed by atoms with Crippen molar-refractivity contribution >= 4 is 0 Å². The Hall–Kier alpha value is -1.32. The summed E-state index contributed by atoms with van der Waals surface area (Å²) in [6.45, 7) is 0. The highest BCUT2D eigenvalue weighted by Gasteiger charge is 1.94.